The van der Waals surface area contributed by atoms with Crippen LogP contribution in [0.2, 0.25) is 0 Å². The van der Waals surface area contributed by atoms with Gasteiger partial charge in [0.05, 0.1) is 0 Å². The first-order valence-corrected chi connectivity index (χ1v) is 10.8. The van der Waals surface area contributed by atoms with Crippen molar-refractivity contribution in [3.05, 3.63) is 80.8 Å². The predicted octanol–water partition coefficient (Wildman–Crippen LogP) is 4.59. The topological polar surface area (TPSA) is 40.6 Å². The van der Waals surface area contributed by atoms with Crippen LogP contribution in [0.15, 0.2) is 64.1 Å². The molecule has 1 aliphatic heterocycles. The molecule has 4 nitrogen and oxygen atoms in total. The molecule has 1 aliphatic rings. The van der Waals surface area contributed by atoms with Crippen LogP contribution >= 0.6 is 15.9 Å². The largest absolute Gasteiger partial charge is 0.334 e. The molecule has 2 aromatic rings. The Kier molecular flexibility index (Phi) is 7.40. The Morgan fingerprint density at radius 3 is 2.20 bits per heavy atom. The van der Waals surface area contributed by atoms with Crippen molar-refractivity contribution < 1.29 is 9.59 Å². The minimum absolute atomic E-state index is 0.00754. The molecular formula is C25H27BrN2O2. The van der Waals surface area contributed by atoms with Gasteiger partial charge in [-0.05, 0) is 56.4 Å². The van der Waals surface area contributed by atoms with Gasteiger partial charge in [-0.25, -0.2) is 0 Å². The molecule has 0 aliphatic carbocycles. The zero-order chi connectivity index (χ0) is 21.7. The Morgan fingerprint density at radius 2 is 1.63 bits per heavy atom. The highest BCUT2D eigenvalue weighted by molar-refractivity contribution is 9.10. The summed E-state index contributed by atoms with van der Waals surface area (Å²) >= 11 is 3.48. The van der Waals surface area contributed by atoms with Gasteiger partial charge < -0.3 is 9.80 Å². The maximum atomic E-state index is 13.2. The van der Waals surface area contributed by atoms with Crippen LogP contribution in [0.1, 0.15) is 23.1 Å². The van der Waals surface area contributed by atoms with Crippen molar-refractivity contribution >= 4 is 39.8 Å². The molecule has 1 fully saturated rings. The van der Waals surface area contributed by atoms with Crippen LogP contribution in [0.25, 0.3) is 12.2 Å². The number of halogens is 1. The van der Waals surface area contributed by atoms with Crippen molar-refractivity contribution in [1.29, 1.82) is 0 Å². The van der Waals surface area contributed by atoms with Crippen LogP contribution in [0.4, 0.5) is 0 Å². The number of carbonyl (C=O) groups is 2. The van der Waals surface area contributed by atoms with Crippen LogP contribution in [-0.2, 0) is 9.59 Å². The molecule has 0 saturated carbocycles. The summed E-state index contributed by atoms with van der Waals surface area (Å²) in [5.74, 6) is 0.0691. The van der Waals surface area contributed by atoms with E-state index in [0.717, 1.165) is 21.2 Å². The third-order valence-corrected chi connectivity index (χ3v) is 5.50. The molecule has 0 atom stereocenters. The van der Waals surface area contributed by atoms with Crippen molar-refractivity contribution in [3.63, 3.8) is 0 Å². The Morgan fingerprint density at radius 1 is 1.03 bits per heavy atom. The van der Waals surface area contributed by atoms with Gasteiger partial charge in [-0.15, -0.1) is 0 Å². The van der Waals surface area contributed by atoms with Gasteiger partial charge in [-0.3, -0.25) is 9.59 Å². The van der Waals surface area contributed by atoms with E-state index in [1.54, 1.807) is 4.90 Å². The Bertz CT molecular complexity index is 940. The molecule has 0 radical (unpaired) electrons. The Hall–Kier alpha value is -2.50. The molecule has 5 heteroatoms. The molecule has 156 valence electrons. The second kappa shape index (κ2) is 10.0. The summed E-state index contributed by atoms with van der Waals surface area (Å²) in [7, 11) is 3.91. The summed E-state index contributed by atoms with van der Waals surface area (Å²) in [6.45, 7) is 3.39. The molecule has 1 amide bonds. The number of Topliss-reactive ketones (excluding diaryl/α,β-unsaturated/α-hetero) is 1. The number of aryl methyl sites for hydroxylation is 1. The number of rotatable bonds is 5. The quantitative estimate of drug-likeness (QED) is 0.605. The number of carbonyl (C=O) groups excluding carboxylic acids is 2. The normalized spacial score (nSPS) is 17.2. The van der Waals surface area contributed by atoms with Crippen LogP contribution in [0.5, 0.6) is 0 Å². The van der Waals surface area contributed by atoms with E-state index < -0.39 is 0 Å². The second-order valence-corrected chi connectivity index (χ2v) is 8.86. The van der Waals surface area contributed by atoms with Crippen LogP contribution in [-0.4, -0.2) is 55.2 Å². The van der Waals surface area contributed by atoms with Gasteiger partial charge in [0, 0.05) is 41.7 Å². The Labute approximate surface area is 187 Å². The van der Waals surface area contributed by atoms with Crippen LogP contribution < -0.4 is 0 Å². The van der Waals surface area contributed by atoms with Gasteiger partial charge in [0.1, 0.15) is 0 Å². The summed E-state index contributed by atoms with van der Waals surface area (Å²) in [5.41, 5.74) is 4.33. The number of nitrogens with zero attached hydrogens (tertiary/aromatic N) is 2. The standard InChI is InChI=1S/C25H27BrN2O2/c1-18-6-4-7-19(12-18)13-21-16-28(24(29)10-11-27(2)3)17-22(25(21)30)14-20-8-5-9-23(26)15-20/h4-9,12-15H,10-11,16-17H2,1-3H3/b21-13+,22-14+. The molecule has 1 heterocycles. The first-order valence-electron chi connectivity index (χ1n) is 10.0. The summed E-state index contributed by atoms with van der Waals surface area (Å²) in [6.07, 6.45) is 4.24. The van der Waals surface area contributed by atoms with Gasteiger partial charge >= 0.3 is 0 Å². The van der Waals surface area contributed by atoms with E-state index in [-0.39, 0.29) is 11.7 Å². The van der Waals surface area contributed by atoms with Crippen molar-refractivity contribution in [2.45, 2.75) is 13.3 Å². The third-order valence-electron chi connectivity index (χ3n) is 5.00. The minimum atomic E-state index is 0.00754. The average Bonchev–Trinajstić information content (AvgIpc) is 2.69. The highest BCUT2D eigenvalue weighted by Gasteiger charge is 2.28. The van der Waals surface area contributed by atoms with Gasteiger partial charge in [-0.2, -0.15) is 0 Å². The fourth-order valence-electron chi connectivity index (χ4n) is 3.45. The van der Waals surface area contributed by atoms with Crippen molar-refractivity contribution in [1.82, 2.24) is 9.80 Å². The average molecular weight is 467 g/mol. The number of hydrogen-bond donors (Lipinski definition) is 0. The Balaban J connectivity index is 1.95. The number of piperidine rings is 1. The van der Waals surface area contributed by atoms with Crippen molar-refractivity contribution in [2.24, 2.45) is 0 Å². The van der Waals surface area contributed by atoms with E-state index in [2.05, 4.69) is 15.9 Å². The molecule has 0 unspecified atom stereocenters. The van der Waals surface area contributed by atoms with E-state index in [1.165, 1.54) is 0 Å². The van der Waals surface area contributed by atoms with Gasteiger partial charge in [0.2, 0.25) is 5.91 Å². The lowest BCUT2D eigenvalue weighted by Gasteiger charge is -2.30. The lowest BCUT2D eigenvalue weighted by Crippen LogP contribution is -2.42. The molecule has 0 bridgehead atoms. The fourth-order valence-corrected chi connectivity index (χ4v) is 3.87. The first kappa shape index (κ1) is 22.2. The van der Waals surface area contributed by atoms with Crippen LogP contribution in [0.3, 0.4) is 0 Å². The van der Waals surface area contributed by atoms with E-state index in [9.17, 15) is 9.59 Å². The van der Waals surface area contributed by atoms with Gasteiger partial charge in [0.15, 0.2) is 5.78 Å². The third kappa shape index (κ3) is 6.00. The highest BCUT2D eigenvalue weighted by atomic mass is 79.9. The monoisotopic (exact) mass is 466 g/mol. The molecule has 3 rings (SSSR count). The predicted molar refractivity (Wildman–Crippen MR) is 126 cm³/mol. The van der Waals surface area contributed by atoms with Crippen LogP contribution in [0, 0.1) is 6.92 Å². The number of ketones is 1. The fraction of sp³-hybridized carbons (Fsp3) is 0.280. The summed E-state index contributed by atoms with van der Waals surface area (Å²) in [6, 6.07) is 15.9. The zero-order valence-electron chi connectivity index (χ0n) is 17.7. The number of likely N-dealkylation sites (tertiary alicyclic amines) is 1. The SMILES string of the molecule is Cc1cccc(/C=C2\CN(C(=O)CCN(C)C)C/C(=C\c3cccc(Br)c3)C2=O)c1. The number of hydrogen-bond acceptors (Lipinski definition) is 3. The smallest absolute Gasteiger partial charge is 0.224 e. The first-order chi connectivity index (χ1) is 14.3. The molecule has 2 aromatic carbocycles. The second-order valence-electron chi connectivity index (χ2n) is 7.94. The van der Waals surface area contributed by atoms with E-state index >= 15 is 0 Å². The summed E-state index contributed by atoms with van der Waals surface area (Å²) in [4.78, 5) is 29.9. The minimum Gasteiger partial charge on any atom is -0.334 e. The lowest BCUT2D eigenvalue weighted by molar-refractivity contribution is -0.131. The van der Waals surface area contributed by atoms with Crippen molar-refractivity contribution in [3.8, 4) is 0 Å². The summed E-state index contributed by atoms with van der Waals surface area (Å²) < 4.78 is 0.953. The maximum absolute atomic E-state index is 13.2. The maximum Gasteiger partial charge on any atom is 0.224 e. The molecule has 0 aromatic heterocycles. The van der Waals surface area contributed by atoms with Crippen molar-refractivity contribution in [2.75, 3.05) is 33.7 Å². The lowest BCUT2D eigenvalue weighted by atomic mass is 9.93. The van der Waals surface area contributed by atoms with E-state index in [0.29, 0.717) is 37.2 Å². The highest BCUT2D eigenvalue weighted by Crippen LogP contribution is 2.24. The molecular weight excluding hydrogens is 440 g/mol. The molecule has 0 N–H and O–H groups in total. The molecule has 1 saturated heterocycles. The van der Waals surface area contributed by atoms with Gasteiger partial charge in [0.25, 0.3) is 0 Å². The van der Waals surface area contributed by atoms with Gasteiger partial charge in [-0.1, -0.05) is 57.9 Å². The molecule has 30 heavy (non-hydrogen) atoms. The van der Waals surface area contributed by atoms with E-state index in [4.69, 9.17) is 0 Å². The summed E-state index contributed by atoms with van der Waals surface area (Å²) in [5, 5.41) is 0. The number of amides is 1. The number of benzene rings is 2. The van der Waals surface area contributed by atoms with E-state index in [1.807, 2.05) is 86.6 Å². The molecule has 0 spiro atoms. The zero-order valence-corrected chi connectivity index (χ0v) is 19.3.